The lowest BCUT2D eigenvalue weighted by Gasteiger charge is -2.26. The summed E-state index contributed by atoms with van der Waals surface area (Å²) in [6.07, 6.45) is 0.320. The van der Waals surface area contributed by atoms with Gasteiger partial charge in [0.1, 0.15) is 0 Å². The molecule has 0 aromatic heterocycles. The van der Waals surface area contributed by atoms with Gasteiger partial charge in [0.15, 0.2) is 0 Å². The summed E-state index contributed by atoms with van der Waals surface area (Å²) in [6, 6.07) is 7.27. The molecule has 1 rings (SSSR count). The van der Waals surface area contributed by atoms with Crippen LogP contribution in [0.3, 0.4) is 0 Å². The van der Waals surface area contributed by atoms with Crippen LogP contribution in [0.4, 0.5) is 5.69 Å². The molecule has 1 aromatic carbocycles. The first-order valence-electron chi connectivity index (χ1n) is 5.70. The number of carbonyl (C=O) groups excluding carboxylic acids is 1. The third-order valence-corrected chi connectivity index (χ3v) is 3.09. The van der Waals surface area contributed by atoms with Gasteiger partial charge in [0.05, 0.1) is 18.1 Å². The van der Waals surface area contributed by atoms with Crippen LogP contribution in [0.15, 0.2) is 22.7 Å². The molecule has 0 radical (unpaired) electrons. The predicted octanol–water partition coefficient (Wildman–Crippen LogP) is 2.80. The van der Waals surface area contributed by atoms with Crippen molar-refractivity contribution in [1.29, 1.82) is 5.26 Å². The Balaban J connectivity index is 2.99. The van der Waals surface area contributed by atoms with Crippen molar-refractivity contribution in [2.24, 2.45) is 0 Å². The molecular formula is C13H16BrN3O. The number of benzene rings is 1. The molecule has 0 aliphatic heterocycles. The largest absolute Gasteiger partial charge is 0.398 e. The van der Waals surface area contributed by atoms with Gasteiger partial charge in [0.2, 0.25) is 0 Å². The van der Waals surface area contributed by atoms with Crippen molar-refractivity contribution in [2.75, 3.05) is 12.3 Å². The molecule has 0 spiro atoms. The maximum absolute atomic E-state index is 12.3. The number of halogens is 1. The molecule has 0 unspecified atom stereocenters. The van der Waals surface area contributed by atoms with Crippen LogP contribution in [0.1, 0.15) is 30.6 Å². The fraction of sp³-hybridized carbons (Fsp3) is 0.385. The number of carbonyl (C=O) groups is 1. The lowest BCUT2D eigenvalue weighted by atomic mass is 10.1. The summed E-state index contributed by atoms with van der Waals surface area (Å²) in [5.74, 6) is -0.134. The quantitative estimate of drug-likeness (QED) is 0.869. The lowest BCUT2D eigenvalue weighted by Crippen LogP contribution is -2.38. The van der Waals surface area contributed by atoms with Crippen molar-refractivity contribution in [1.82, 2.24) is 4.90 Å². The molecule has 96 valence electrons. The smallest absolute Gasteiger partial charge is 0.256 e. The molecule has 2 N–H and O–H groups in total. The van der Waals surface area contributed by atoms with Gasteiger partial charge in [-0.3, -0.25) is 4.79 Å². The van der Waals surface area contributed by atoms with Gasteiger partial charge in [-0.25, -0.2) is 0 Å². The predicted molar refractivity (Wildman–Crippen MR) is 75.0 cm³/mol. The van der Waals surface area contributed by atoms with Gasteiger partial charge in [-0.1, -0.05) is 15.9 Å². The van der Waals surface area contributed by atoms with E-state index in [1.165, 1.54) is 0 Å². The highest BCUT2D eigenvalue weighted by molar-refractivity contribution is 9.10. The molecule has 4 nitrogen and oxygen atoms in total. The van der Waals surface area contributed by atoms with Crippen LogP contribution in [-0.4, -0.2) is 23.4 Å². The molecule has 0 aliphatic carbocycles. The number of hydrogen-bond donors (Lipinski definition) is 1. The van der Waals surface area contributed by atoms with Crippen LogP contribution in [0.5, 0.6) is 0 Å². The van der Waals surface area contributed by atoms with Crippen LogP contribution in [0, 0.1) is 11.3 Å². The van der Waals surface area contributed by atoms with Crippen molar-refractivity contribution >= 4 is 27.5 Å². The monoisotopic (exact) mass is 309 g/mol. The first-order chi connectivity index (χ1) is 8.47. The molecule has 5 heteroatoms. The second-order valence-electron chi connectivity index (χ2n) is 4.23. The Kier molecular flexibility index (Phi) is 5.17. The average molecular weight is 310 g/mol. The molecule has 0 saturated carbocycles. The van der Waals surface area contributed by atoms with Crippen molar-refractivity contribution < 1.29 is 4.79 Å². The van der Waals surface area contributed by atoms with E-state index in [1.807, 2.05) is 13.8 Å². The number of nitrogens with zero attached hydrogens (tertiary/aromatic N) is 2. The molecule has 1 aromatic rings. The zero-order valence-corrected chi connectivity index (χ0v) is 12.1. The molecule has 18 heavy (non-hydrogen) atoms. The zero-order valence-electron chi connectivity index (χ0n) is 10.5. The van der Waals surface area contributed by atoms with E-state index in [0.717, 1.165) is 4.47 Å². The first-order valence-corrected chi connectivity index (χ1v) is 6.49. The molecule has 0 saturated heterocycles. The van der Waals surface area contributed by atoms with Gasteiger partial charge in [-0.05, 0) is 32.0 Å². The normalized spacial score (nSPS) is 10.2. The second kappa shape index (κ2) is 6.41. The highest BCUT2D eigenvalue weighted by Gasteiger charge is 2.20. The Bertz CT molecular complexity index is 480. The molecule has 0 fully saturated rings. The van der Waals surface area contributed by atoms with E-state index in [9.17, 15) is 4.79 Å². The van der Waals surface area contributed by atoms with Crippen LogP contribution >= 0.6 is 15.9 Å². The average Bonchev–Trinajstić information content (AvgIpc) is 2.28. The molecule has 0 bridgehead atoms. The van der Waals surface area contributed by atoms with Gasteiger partial charge in [-0.2, -0.15) is 5.26 Å². The summed E-state index contributed by atoms with van der Waals surface area (Å²) >= 11 is 3.31. The summed E-state index contributed by atoms with van der Waals surface area (Å²) < 4.78 is 0.838. The minimum absolute atomic E-state index is 0.0360. The van der Waals surface area contributed by atoms with Crippen LogP contribution < -0.4 is 5.73 Å². The summed E-state index contributed by atoms with van der Waals surface area (Å²) in [6.45, 7) is 4.26. The highest BCUT2D eigenvalue weighted by Crippen LogP contribution is 2.21. The lowest BCUT2D eigenvalue weighted by molar-refractivity contribution is 0.0711. The molecule has 0 aliphatic rings. The summed E-state index contributed by atoms with van der Waals surface area (Å²) in [5, 5.41) is 8.62. The van der Waals surface area contributed by atoms with E-state index in [1.54, 1.807) is 23.1 Å². The maximum Gasteiger partial charge on any atom is 0.256 e. The number of amides is 1. The van der Waals surface area contributed by atoms with E-state index >= 15 is 0 Å². The van der Waals surface area contributed by atoms with Gasteiger partial charge in [-0.15, -0.1) is 0 Å². The fourth-order valence-electron chi connectivity index (χ4n) is 1.65. The summed E-state index contributed by atoms with van der Waals surface area (Å²) in [4.78, 5) is 14.0. The Labute approximate surface area is 116 Å². The summed E-state index contributed by atoms with van der Waals surface area (Å²) in [5.41, 5.74) is 6.76. The molecule has 1 amide bonds. The van der Waals surface area contributed by atoms with E-state index in [2.05, 4.69) is 22.0 Å². The van der Waals surface area contributed by atoms with Gasteiger partial charge in [0.25, 0.3) is 5.91 Å². The number of hydrogen-bond acceptors (Lipinski definition) is 3. The van der Waals surface area contributed by atoms with Crippen LogP contribution in [-0.2, 0) is 0 Å². The van der Waals surface area contributed by atoms with E-state index in [4.69, 9.17) is 11.0 Å². The van der Waals surface area contributed by atoms with Crippen molar-refractivity contribution in [3.63, 3.8) is 0 Å². The number of nitriles is 1. The van der Waals surface area contributed by atoms with Gasteiger partial charge >= 0.3 is 0 Å². The maximum atomic E-state index is 12.3. The second-order valence-corrected chi connectivity index (χ2v) is 5.15. The number of rotatable bonds is 4. The minimum Gasteiger partial charge on any atom is -0.398 e. The van der Waals surface area contributed by atoms with Crippen molar-refractivity contribution in [2.45, 2.75) is 26.3 Å². The fourth-order valence-corrected chi connectivity index (χ4v) is 2.03. The Morgan fingerprint density at radius 3 is 2.72 bits per heavy atom. The van der Waals surface area contributed by atoms with Gasteiger partial charge in [0, 0.05) is 22.7 Å². The van der Waals surface area contributed by atoms with E-state index < -0.39 is 0 Å². The van der Waals surface area contributed by atoms with Crippen LogP contribution in [0.2, 0.25) is 0 Å². The third kappa shape index (κ3) is 3.47. The number of nitrogens with two attached hydrogens (primary N) is 1. The van der Waals surface area contributed by atoms with Gasteiger partial charge < -0.3 is 10.6 Å². The standard InChI is InChI=1S/C13H16BrN3O/c1-9(2)17(7-3-6-15)13(18)11-5-4-10(14)8-12(11)16/h4-5,8-9H,3,7,16H2,1-2H3. The van der Waals surface area contributed by atoms with Crippen molar-refractivity contribution in [3.8, 4) is 6.07 Å². The van der Waals surface area contributed by atoms with Crippen molar-refractivity contribution in [3.05, 3.63) is 28.2 Å². The van der Waals surface area contributed by atoms with Crippen LogP contribution in [0.25, 0.3) is 0 Å². The zero-order chi connectivity index (χ0) is 13.7. The first kappa shape index (κ1) is 14.5. The van der Waals surface area contributed by atoms with E-state index in [0.29, 0.717) is 24.2 Å². The Hall–Kier alpha value is -1.54. The Morgan fingerprint density at radius 2 is 2.22 bits per heavy atom. The topological polar surface area (TPSA) is 70.1 Å². The third-order valence-electron chi connectivity index (χ3n) is 2.59. The summed E-state index contributed by atoms with van der Waals surface area (Å²) in [7, 11) is 0. The minimum atomic E-state index is -0.134. The number of anilines is 1. The SMILES string of the molecule is CC(C)N(CCC#N)C(=O)c1ccc(Br)cc1N. The molecule has 0 atom stereocenters. The Morgan fingerprint density at radius 1 is 1.56 bits per heavy atom. The molecule has 0 heterocycles. The highest BCUT2D eigenvalue weighted by atomic mass is 79.9. The van der Waals surface area contributed by atoms with E-state index in [-0.39, 0.29) is 11.9 Å². The number of nitrogen functional groups attached to an aromatic ring is 1. The molecular weight excluding hydrogens is 294 g/mol.